The van der Waals surface area contributed by atoms with Gasteiger partial charge in [-0.1, -0.05) is 156 Å². The molecule has 0 aromatic heterocycles. The van der Waals surface area contributed by atoms with Crippen molar-refractivity contribution in [2.45, 2.75) is 209 Å². The van der Waals surface area contributed by atoms with Crippen molar-refractivity contribution in [3.05, 3.63) is 0 Å². The van der Waals surface area contributed by atoms with Crippen LogP contribution >= 0.6 is 0 Å². The zero-order valence-electron chi connectivity index (χ0n) is 25.8. The van der Waals surface area contributed by atoms with E-state index in [9.17, 15) is 0 Å². The lowest BCUT2D eigenvalue weighted by atomic mass is 9.71. The van der Waals surface area contributed by atoms with Crippen molar-refractivity contribution >= 4 is 0 Å². The molecular weight excluding hydrogens is 464 g/mol. The average molecular weight is 563 g/mol. The largest absolute Gasteiger partial charge is 0.379 e. The van der Waals surface area contributed by atoms with Crippen LogP contribution in [0.1, 0.15) is 198 Å². The van der Waals surface area contributed by atoms with Gasteiger partial charge in [0, 0.05) is 14.2 Å². The fraction of sp³-hybridized carbons (Fsp3) is 1.00. The minimum absolute atomic E-state index is 0. The van der Waals surface area contributed by atoms with Gasteiger partial charge in [0.05, 0.1) is 11.2 Å². The van der Waals surface area contributed by atoms with Gasteiger partial charge >= 0.3 is 0 Å². The monoisotopic (exact) mass is 563 g/mol. The average Bonchev–Trinajstić information content (AvgIpc) is 2.32. The first-order chi connectivity index (χ1) is 12.4. The molecule has 0 unspecified atom stereocenters. The Bertz CT molecular complexity index is 303. The van der Waals surface area contributed by atoms with Crippen molar-refractivity contribution in [1.82, 2.24) is 0 Å². The summed E-state index contributed by atoms with van der Waals surface area (Å²) in [7, 11) is 3.42. The molecule has 0 saturated carbocycles. The van der Waals surface area contributed by atoms with Gasteiger partial charge in [0.15, 0.2) is 0 Å². The molecule has 0 aromatic rings. The van der Waals surface area contributed by atoms with E-state index in [0.717, 1.165) is 0 Å². The first kappa shape index (κ1) is 83.2. The highest BCUT2D eigenvalue weighted by molar-refractivity contribution is 4.77. The molecule has 38 heavy (non-hydrogen) atoms. The van der Waals surface area contributed by atoms with Crippen molar-refractivity contribution in [3.63, 3.8) is 0 Å². The van der Waals surface area contributed by atoms with E-state index in [0.29, 0.717) is 21.7 Å². The Kier molecular flexibility index (Phi) is 72.6. The summed E-state index contributed by atoms with van der Waals surface area (Å²) in [4.78, 5) is 0. The normalized spacial score (nSPS) is 9.95. The molecule has 0 rings (SSSR count). The van der Waals surface area contributed by atoms with E-state index in [-0.39, 0.29) is 70.6 Å². The van der Waals surface area contributed by atoms with Crippen molar-refractivity contribution in [3.8, 4) is 0 Å². The summed E-state index contributed by atoms with van der Waals surface area (Å²) in [5.41, 5.74) is 1.96. The van der Waals surface area contributed by atoms with Gasteiger partial charge in [-0.3, -0.25) is 0 Å². The van der Waals surface area contributed by atoms with E-state index in [1.54, 1.807) is 14.2 Å². The molecule has 0 amide bonds. The highest BCUT2D eigenvalue weighted by atomic mass is 16.5. The SMILES string of the molecule is C.C.C.C.C.C.C.C.CC(C)(C)C.CC(C)(C)C.CC(C)(C)C(C)(C)C.COC(C)(C)C.COC(C)(C)C. The molecule has 0 aliphatic heterocycles. The molecule has 0 atom stereocenters. The summed E-state index contributed by atoms with van der Waals surface area (Å²) in [5, 5.41) is 0. The Hall–Kier alpha value is -0.0800. The van der Waals surface area contributed by atoms with Gasteiger partial charge in [-0.25, -0.2) is 0 Å². The Morgan fingerprint density at radius 3 is 0.316 bits per heavy atom. The molecule has 254 valence electrons. The van der Waals surface area contributed by atoms with Gasteiger partial charge in [-0.2, -0.15) is 0 Å². The smallest absolute Gasteiger partial charge is 0.0594 e. The van der Waals surface area contributed by atoms with Crippen molar-refractivity contribution in [1.29, 1.82) is 0 Å². The third kappa shape index (κ3) is 197. The third-order valence-electron chi connectivity index (χ3n) is 3.47. The van der Waals surface area contributed by atoms with Gasteiger partial charge < -0.3 is 9.47 Å². The molecule has 0 aromatic carbocycles. The predicted molar refractivity (Wildman–Crippen MR) is 197 cm³/mol. The summed E-state index contributed by atoms with van der Waals surface area (Å²) >= 11 is 0. The maximum Gasteiger partial charge on any atom is 0.0594 e. The van der Waals surface area contributed by atoms with Crippen molar-refractivity contribution < 1.29 is 9.47 Å². The minimum Gasteiger partial charge on any atom is -0.379 e. The molecule has 2 nitrogen and oxygen atoms in total. The Morgan fingerprint density at radius 1 is 0.263 bits per heavy atom. The van der Waals surface area contributed by atoms with Crippen molar-refractivity contribution in [2.24, 2.45) is 21.7 Å². The quantitative estimate of drug-likeness (QED) is 0.292. The van der Waals surface area contributed by atoms with E-state index in [1.165, 1.54) is 0 Å². The fourth-order valence-electron chi connectivity index (χ4n) is 0. The third-order valence-corrected chi connectivity index (χ3v) is 3.47. The topological polar surface area (TPSA) is 18.5 Å². The molecule has 0 aliphatic carbocycles. The lowest BCUT2D eigenvalue weighted by molar-refractivity contribution is 0.0394. The van der Waals surface area contributed by atoms with Crippen LogP contribution < -0.4 is 0 Å². The van der Waals surface area contributed by atoms with Crippen molar-refractivity contribution in [2.75, 3.05) is 14.2 Å². The summed E-state index contributed by atoms with van der Waals surface area (Å²) in [6.07, 6.45) is 0. The maximum atomic E-state index is 4.94. The van der Waals surface area contributed by atoms with Crippen LogP contribution in [-0.4, -0.2) is 25.4 Å². The number of methoxy groups -OCH3 is 2. The Labute approximate surface area is 254 Å². The Balaban J connectivity index is -0.0000000179. The highest BCUT2D eigenvalue weighted by Crippen LogP contribution is 2.36. The van der Waals surface area contributed by atoms with E-state index in [1.807, 2.05) is 41.5 Å². The molecular formula is C36H98O2. The van der Waals surface area contributed by atoms with Gasteiger partial charge in [0.25, 0.3) is 0 Å². The van der Waals surface area contributed by atoms with E-state index < -0.39 is 0 Å². The first-order valence-corrected chi connectivity index (χ1v) is 11.5. The molecule has 0 heterocycles. The van der Waals surface area contributed by atoms with Crippen LogP contribution in [0.2, 0.25) is 0 Å². The lowest BCUT2D eigenvalue weighted by Crippen LogP contribution is -2.25. The lowest BCUT2D eigenvalue weighted by Gasteiger charge is -2.34. The molecule has 0 saturated heterocycles. The highest BCUT2D eigenvalue weighted by Gasteiger charge is 2.26. The minimum atomic E-state index is 0. The summed E-state index contributed by atoms with van der Waals surface area (Å²) < 4.78 is 9.88. The van der Waals surface area contributed by atoms with E-state index >= 15 is 0 Å². The second kappa shape index (κ2) is 33.1. The van der Waals surface area contributed by atoms with Crippen LogP contribution in [-0.2, 0) is 9.47 Å². The van der Waals surface area contributed by atoms with Crippen LogP contribution in [0.3, 0.4) is 0 Å². The summed E-state index contributed by atoms with van der Waals surface area (Å²) in [6, 6.07) is 0. The number of rotatable bonds is 0. The van der Waals surface area contributed by atoms with Crippen LogP contribution in [0, 0.1) is 21.7 Å². The zero-order chi connectivity index (χ0) is 26.4. The molecule has 0 fully saturated rings. The summed E-state index contributed by atoms with van der Waals surface area (Å²) in [6.45, 7) is 43.3. The van der Waals surface area contributed by atoms with Crippen LogP contribution in [0.25, 0.3) is 0 Å². The molecule has 0 N–H and O–H groups in total. The van der Waals surface area contributed by atoms with E-state index in [2.05, 4.69) is 96.9 Å². The van der Waals surface area contributed by atoms with E-state index in [4.69, 9.17) is 9.47 Å². The van der Waals surface area contributed by atoms with Gasteiger partial charge in [-0.15, -0.1) is 0 Å². The number of ether oxygens (including phenoxy) is 2. The van der Waals surface area contributed by atoms with Crippen LogP contribution in [0.4, 0.5) is 0 Å². The van der Waals surface area contributed by atoms with Crippen LogP contribution in [0.5, 0.6) is 0 Å². The van der Waals surface area contributed by atoms with Gasteiger partial charge in [-0.05, 0) is 63.2 Å². The zero-order valence-corrected chi connectivity index (χ0v) is 25.8. The Morgan fingerprint density at radius 2 is 0.316 bits per heavy atom. The summed E-state index contributed by atoms with van der Waals surface area (Å²) in [5.74, 6) is 0. The molecule has 0 radical (unpaired) electrons. The molecule has 0 bridgehead atoms. The molecule has 0 spiro atoms. The van der Waals surface area contributed by atoms with Gasteiger partial charge in [0.2, 0.25) is 0 Å². The first-order valence-electron chi connectivity index (χ1n) is 11.5. The second-order valence-electron chi connectivity index (χ2n) is 15.1. The van der Waals surface area contributed by atoms with Gasteiger partial charge in [0.1, 0.15) is 0 Å². The molecule has 2 heteroatoms. The maximum absolute atomic E-state index is 4.94. The number of hydrogen-bond acceptors (Lipinski definition) is 2. The fourth-order valence-corrected chi connectivity index (χ4v) is 0. The predicted octanol–water partition coefficient (Wildman–Crippen LogP) is 15.1. The number of hydrogen-bond donors (Lipinski definition) is 0. The molecule has 0 aliphatic rings. The van der Waals surface area contributed by atoms with Crippen LogP contribution in [0.15, 0.2) is 0 Å². The standard InChI is InChI=1S/C8H18.2C5H12O.2C5H12.8CH4/c1-7(2,3)8(4,5)6;2*1-5(2,3)6-4;2*1-5(2,3)4;;;;;;;;/h1-6H3;2*1-4H3;2*1-4H3;8*1H4. The second-order valence-corrected chi connectivity index (χ2v) is 15.1.